The lowest BCUT2D eigenvalue weighted by molar-refractivity contribution is 0.354. The zero-order valence-electron chi connectivity index (χ0n) is 12.3. The summed E-state index contributed by atoms with van der Waals surface area (Å²) in [7, 11) is 3.25. The predicted molar refractivity (Wildman–Crippen MR) is 88.0 cm³/mol. The summed E-state index contributed by atoms with van der Waals surface area (Å²) < 4.78 is 10.6. The Labute approximate surface area is 135 Å². The number of hydrogen-bond acceptors (Lipinski definition) is 2. The number of benzene rings is 2. The maximum atomic E-state index is 6.58. The van der Waals surface area contributed by atoms with Crippen molar-refractivity contribution in [3.05, 3.63) is 58.1 Å². The van der Waals surface area contributed by atoms with Gasteiger partial charge in [0.2, 0.25) is 0 Å². The van der Waals surface area contributed by atoms with E-state index in [0.717, 1.165) is 28.1 Å². The van der Waals surface area contributed by atoms with Crippen LogP contribution in [0, 0.1) is 6.92 Å². The summed E-state index contributed by atoms with van der Waals surface area (Å²) in [6.45, 7) is 2.02. The molecule has 0 saturated carbocycles. The van der Waals surface area contributed by atoms with Crippen LogP contribution in [-0.2, 0) is 6.42 Å². The van der Waals surface area contributed by atoms with Gasteiger partial charge >= 0.3 is 0 Å². The second-order valence-corrected chi connectivity index (χ2v) is 5.83. The largest absolute Gasteiger partial charge is 0.493 e. The van der Waals surface area contributed by atoms with E-state index in [2.05, 4.69) is 0 Å². The lowest BCUT2D eigenvalue weighted by atomic mass is 9.99. The second-order valence-electron chi connectivity index (χ2n) is 4.86. The van der Waals surface area contributed by atoms with Crippen LogP contribution in [0.3, 0.4) is 0 Å². The molecule has 2 aromatic rings. The highest BCUT2D eigenvalue weighted by molar-refractivity contribution is 6.30. The molecule has 0 bridgehead atoms. The van der Waals surface area contributed by atoms with Crippen molar-refractivity contribution >= 4 is 23.2 Å². The van der Waals surface area contributed by atoms with Crippen molar-refractivity contribution in [3.8, 4) is 11.5 Å². The summed E-state index contributed by atoms with van der Waals surface area (Å²) in [5.41, 5.74) is 3.28. The normalized spacial score (nSPS) is 12.0. The van der Waals surface area contributed by atoms with Gasteiger partial charge in [0.25, 0.3) is 0 Å². The summed E-state index contributed by atoms with van der Waals surface area (Å²) in [6.07, 6.45) is 0.731. The minimum Gasteiger partial charge on any atom is -0.493 e. The summed E-state index contributed by atoms with van der Waals surface area (Å²) in [5.74, 6) is 1.41. The third kappa shape index (κ3) is 3.84. The molecule has 2 rings (SSSR count). The highest BCUT2D eigenvalue weighted by Crippen LogP contribution is 2.36. The van der Waals surface area contributed by atoms with Crippen molar-refractivity contribution in [2.24, 2.45) is 0 Å². The van der Waals surface area contributed by atoms with Crippen LogP contribution in [0.5, 0.6) is 11.5 Å². The SMILES string of the molecule is COc1cc(C)c(C(Cl)Cc2ccc(Cl)cc2)cc1OC. The summed E-state index contributed by atoms with van der Waals surface area (Å²) >= 11 is 12.5. The highest BCUT2D eigenvalue weighted by Gasteiger charge is 2.16. The fraction of sp³-hybridized carbons (Fsp3) is 0.294. The maximum Gasteiger partial charge on any atom is 0.161 e. The third-order valence-corrected chi connectivity index (χ3v) is 4.08. The van der Waals surface area contributed by atoms with Gasteiger partial charge in [0.05, 0.1) is 19.6 Å². The van der Waals surface area contributed by atoms with E-state index in [4.69, 9.17) is 32.7 Å². The molecule has 0 heterocycles. The first-order valence-corrected chi connectivity index (χ1v) is 7.47. The Morgan fingerprint density at radius 3 is 2.14 bits per heavy atom. The van der Waals surface area contributed by atoms with Crippen LogP contribution in [0.25, 0.3) is 0 Å². The van der Waals surface area contributed by atoms with Gasteiger partial charge in [-0.3, -0.25) is 0 Å². The van der Waals surface area contributed by atoms with E-state index in [9.17, 15) is 0 Å². The van der Waals surface area contributed by atoms with Crippen LogP contribution < -0.4 is 9.47 Å². The molecule has 1 atom stereocenters. The molecule has 21 heavy (non-hydrogen) atoms. The molecule has 112 valence electrons. The van der Waals surface area contributed by atoms with E-state index in [0.29, 0.717) is 11.5 Å². The van der Waals surface area contributed by atoms with Crippen molar-refractivity contribution in [3.63, 3.8) is 0 Å². The van der Waals surface area contributed by atoms with Gasteiger partial charge in [0.1, 0.15) is 0 Å². The molecule has 0 aromatic heterocycles. The zero-order valence-corrected chi connectivity index (χ0v) is 13.8. The van der Waals surface area contributed by atoms with Crippen LogP contribution in [0.15, 0.2) is 36.4 Å². The number of aryl methyl sites for hydroxylation is 1. The molecule has 0 aliphatic heterocycles. The first-order chi connectivity index (χ1) is 10.0. The van der Waals surface area contributed by atoms with Crippen molar-refractivity contribution in [1.29, 1.82) is 0 Å². The van der Waals surface area contributed by atoms with E-state index in [1.807, 2.05) is 43.3 Å². The molecule has 0 saturated heterocycles. The molecule has 2 nitrogen and oxygen atoms in total. The number of methoxy groups -OCH3 is 2. The monoisotopic (exact) mass is 324 g/mol. The van der Waals surface area contributed by atoms with Gasteiger partial charge in [-0.25, -0.2) is 0 Å². The Morgan fingerprint density at radius 1 is 1.00 bits per heavy atom. The van der Waals surface area contributed by atoms with E-state index >= 15 is 0 Å². The van der Waals surface area contributed by atoms with Crippen LogP contribution in [0.4, 0.5) is 0 Å². The molecule has 0 amide bonds. The summed E-state index contributed by atoms with van der Waals surface area (Å²) in [6, 6.07) is 11.6. The molecule has 0 spiro atoms. The number of alkyl halides is 1. The fourth-order valence-electron chi connectivity index (χ4n) is 2.27. The Bertz CT molecular complexity index is 609. The third-order valence-electron chi connectivity index (χ3n) is 3.44. The minimum absolute atomic E-state index is 0.133. The topological polar surface area (TPSA) is 18.5 Å². The van der Waals surface area contributed by atoms with Crippen molar-refractivity contribution in [2.75, 3.05) is 14.2 Å². The number of rotatable bonds is 5. The van der Waals surface area contributed by atoms with Crippen molar-refractivity contribution < 1.29 is 9.47 Å². The van der Waals surface area contributed by atoms with Gasteiger partial charge in [0, 0.05) is 5.02 Å². The Balaban J connectivity index is 2.26. The molecular formula is C17H18Cl2O2. The van der Waals surface area contributed by atoms with Crippen molar-refractivity contribution in [1.82, 2.24) is 0 Å². The molecule has 0 N–H and O–H groups in total. The average Bonchev–Trinajstić information content (AvgIpc) is 2.49. The van der Waals surface area contributed by atoms with E-state index < -0.39 is 0 Å². The lowest BCUT2D eigenvalue weighted by Crippen LogP contribution is -2.01. The van der Waals surface area contributed by atoms with Gasteiger partial charge < -0.3 is 9.47 Å². The molecule has 0 fully saturated rings. The number of ether oxygens (including phenoxy) is 2. The standard InChI is InChI=1S/C17H18Cl2O2/c1-11-8-16(20-2)17(21-3)10-14(11)15(19)9-12-4-6-13(18)7-5-12/h4-8,10,15H,9H2,1-3H3. The molecular weight excluding hydrogens is 307 g/mol. The van der Waals surface area contributed by atoms with Gasteiger partial charge in [-0.05, 0) is 54.3 Å². The number of halogens is 2. The Kier molecular flexibility index (Phi) is 5.38. The lowest BCUT2D eigenvalue weighted by Gasteiger charge is -2.16. The van der Waals surface area contributed by atoms with Crippen LogP contribution in [0.2, 0.25) is 5.02 Å². The van der Waals surface area contributed by atoms with E-state index in [1.54, 1.807) is 14.2 Å². The molecule has 2 aromatic carbocycles. The zero-order chi connectivity index (χ0) is 15.4. The van der Waals surface area contributed by atoms with E-state index in [-0.39, 0.29) is 5.38 Å². The first kappa shape index (κ1) is 16.0. The van der Waals surface area contributed by atoms with Crippen molar-refractivity contribution in [2.45, 2.75) is 18.7 Å². The first-order valence-electron chi connectivity index (χ1n) is 6.66. The maximum absolute atomic E-state index is 6.58. The second kappa shape index (κ2) is 7.06. The highest BCUT2D eigenvalue weighted by atomic mass is 35.5. The van der Waals surface area contributed by atoms with Crippen LogP contribution in [-0.4, -0.2) is 14.2 Å². The average molecular weight is 325 g/mol. The molecule has 0 aliphatic rings. The van der Waals surface area contributed by atoms with Crippen LogP contribution >= 0.6 is 23.2 Å². The smallest absolute Gasteiger partial charge is 0.161 e. The molecule has 1 unspecified atom stereocenters. The molecule has 4 heteroatoms. The predicted octanol–water partition coefficient (Wildman–Crippen LogP) is 5.19. The quantitative estimate of drug-likeness (QED) is 0.705. The fourth-order valence-corrected chi connectivity index (χ4v) is 2.81. The molecule has 0 radical (unpaired) electrons. The Hall–Kier alpha value is -1.38. The summed E-state index contributed by atoms with van der Waals surface area (Å²) in [5, 5.41) is 0.596. The van der Waals surface area contributed by atoms with Gasteiger partial charge in [-0.1, -0.05) is 23.7 Å². The number of hydrogen-bond donors (Lipinski definition) is 0. The van der Waals surface area contributed by atoms with Crippen LogP contribution in [0.1, 0.15) is 22.1 Å². The Morgan fingerprint density at radius 2 is 1.57 bits per heavy atom. The van der Waals surface area contributed by atoms with Gasteiger partial charge in [-0.15, -0.1) is 11.6 Å². The summed E-state index contributed by atoms with van der Waals surface area (Å²) in [4.78, 5) is 0. The molecule has 0 aliphatic carbocycles. The minimum atomic E-state index is -0.133. The van der Waals surface area contributed by atoms with E-state index in [1.165, 1.54) is 0 Å². The van der Waals surface area contributed by atoms with Gasteiger partial charge in [0.15, 0.2) is 11.5 Å². The van der Waals surface area contributed by atoms with Gasteiger partial charge in [-0.2, -0.15) is 0 Å².